The molecule has 1 aromatic heterocycles. The van der Waals surface area contributed by atoms with E-state index >= 15 is 0 Å². The summed E-state index contributed by atoms with van der Waals surface area (Å²) in [5.74, 6) is 0.958. The third kappa shape index (κ3) is 4.25. The minimum absolute atomic E-state index is 0.296. The molecule has 3 rings (SSSR count). The molecule has 26 heavy (non-hydrogen) atoms. The number of para-hydroxylation sites is 1. The topological polar surface area (TPSA) is 83.5 Å². The van der Waals surface area contributed by atoms with Crippen molar-refractivity contribution in [3.63, 3.8) is 0 Å². The Morgan fingerprint density at radius 3 is 2.58 bits per heavy atom. The first-order chi connectivity index (χ1) is 12.6. The van der Waals surface area contributed by atoms with Crippen LogP contribution in [0.15, 0.2) is 24.4 Å². The number of ether oxygens (including phenoxy) is 1. The largest absolute Gasteiger partial charge is 0.450 e. The Hall–Kier alpha value is -2.32. The molecule has 0 unspecified atom stereocenters. The number of nitrogens with one attached hydrogen (secondary N) is 1. The van der Waals surface area contributed by atoms with Crippen molar-refractivity contribution >= 4 is 46.7 Å². The smallest absolute Gasteiger partial charge is 0.409 e. The Morgan fingerprint density at radius 2 is 1.92 bits per heavy atom. The van der Waals surface area contributed by atoms with Gasteiger partial charge < -0.3 is 19.9 Å². The summed E-state index contributed by atoms with van der Waals surface area (Å²) in [6.45, 7) is 4.42. The molecule has 0 aliphatic carbocycles. The lowest BCUT2D eigenvalue weighted by atomic mass is 10.3. The molecule has 0 bridgehead atoms. The second kappa shape index (κ2) is 8.37. The van der Waals surface area contributed by atoms with E-state index in [1.54, 1.807) is 30.0 Å². The first-order valence-electron chi connectivity index (χ1n) is 8.16. The van der Waals surface area contributed by atoms with Crippen molar-refractivity contribution in [1.82, 2.24) is 20.1 Å². The van der Waals surface area contributed by atoms with Crippen LogP contribution in [0.5, 0.6) is 0 Å². The fourth-order valence-corrected chi connectivity index (χ4v) is 3.03. The van der Waals surface area contributed by atoms with Gasteiger partial charge in [0.15, 0.2) is 5.82 Å². The van der Waals surface area contributed by atoms with Gasteiger partial charge in [-0.2, -0.15) is 10.1 Å². The number of carbonyl (C=O) groups excluding carboxylic acids is 1. The van der Waals surface area contributed by atoms with Crippen LogP contribution < -0.4 is 10.2 Å². The average molecular weight is 397 g/mol. The minimum Gasteiger partial charge on any atom is -0.450 e. The second-order valence-electron chi connectivity index (χ2n) is 5.54. The maximum absolute atomic E-state index is 11.8. The Labute approximate surface area is 161 Å². The van der Waals surface area contributed by atoms with E-state index in [2.05, 4.69) is 20.5 Å². The van der Waals surface area contributed by atoms with Crippen LogP contribution in [0.1, 0.15) is 6.92 Å². The van der Waals surface area contributed by atoms with Crippen LogP contribution in [0.4, 0.5) is 22.2 Å². The number of aromatic nitrogens is 3. The molecule has 0 saturated carbocycles. The molecule has 0 radical (unpaired) electrons. The van der Waals surface area contributed by atoms with Crippen LogP contribution >= 0.6 is 23.2 Å². The SMILES string of the molecule is CCOC(=O)N1CCN(c2nncc(Nc3c(Cl)cccc3Cl)n2)CC1. The Kier molecular flexibility index (Phi) is 5.95. The molecule has 1 fully saturated rings. The number of piperazine rings is 1. The monoisotopic (exact) mass is 396 g/mol. The standard InChI is InChI=1S/C16H18Cl2N6O2/c1-2-26-16(25)24-8-6-23(7-9-24)15-21-13(10-19-22-15)20-14-11(17)4-3-5-12(14)18/h3-5,10H,2,6-9H2,1H3,(H,20,21,22). The number of anilines is 3. The van der Waals surface area contributed by atoms with Crippen molar-refractivity contribution in [3.05, 3.63) is 34.4 Å². The predicted molar refractivity (Wildman–Crippen MR) is 100 cm³/mol. The van der Waals surface area contributed by atoms with Gasteiger partial charge in [-0.15, -0.1) is 5.10 Å². The van der Waals surface area contributed by atoms with E-state index in [-0.39, 0.29) is 6.09 Å². The van der Waals surface area contributed by atoms with Crippen LogP contribution in [-0.4, -0.2) is 59.0 Å². The number of hydrogen-bond donors (Lipinski definition) is 1. The zero-order valence-electron chi connectivity index (χ0n) is 14.2. The summed E-state index contributed by atoms with van der Waals surface area (Å²) in [6.07, 6.45) is 1.20. The van der Waals surface area contributed by atoms with E-state index in [0.29, 0.717) is 60.3 Å². The van der Waals surface area contributed by atoms with Gasteiger partial charge in [0, 0.05) is 26.2 Å². The summed E-state index contributed by atoms with van der Waals surface area (Å²) >= 11 is 12.3. The Balaban J connectivity index is 1.68. The third-order valence-electron chi connectivity index (χ3n) is 3.85. The lowest BCUT2D eigenvalue weighted by Crippen LogP contribution is -2.49. The van der Waals surface area contributed by atoms with E-state index in [9.17, 15) is 4.79 Å². The van der Waals surface area contributed by atoms with Crippen LogP contribution in [0.2, 0.25) is 10.0 Å². The van der Waals surface area contributed by atoms with Crippen molar-refractivity contribution in [2.24, 2.45) is 0 Å². The van der Waals surface area contributed by atoms with Crippen molar-refractivity contribution in [2.45, 2.75) is 6.92 Å². The van der Waals surface area contributed by atoms with Crippen LogP contribution in [0.25, 0.3) is 0 Å². The molecule has 0 atom stereocenters. The molecule has 1 aromatic carbocycles. The number of nitrogens with zero attached hydrogens (tertiary/aromatic N) is 5. The van der Waals surface area contributed by atoms with Gasteiger partial charge >= 0.3 is 6.09 Å². The molecule has 8 nitrogen and oxygen atoms in total. The van der Waals surface area contributed by atoms with E-state index in [1.807, 2.05) is 4.90 Å². The number of amides is 1. The Bertz CT molecular complexity index is 763. The van der Waals surface area contributed by atoms with Crippen LogP contribution in [0, 0.1) is 0 Å². The fourth-order valence-electron chi connectivity index (χ4n) is 2.54. The van der Waals surface area contributed by atoms with Crippen molar-refractivity contribution < 1.29 is 9.53 Å². The molecule has 1 N–H and O–H groups in total. The van der Waals surface area contributed by atoms with Crippen LogP contribution in [0.3, 0.4) is 0 Å². The van der Waals surface area contributed by atoms with E-state index < -0.39 is 0 Å². The third-order valence-corrected chi connectivity index (χ3v) is 4.48. The summed E-state index contributed by atoms with van der Waals surface area (Å²) in [7, 11) is 0. The molecular weight excluding hydrogens is 379 g/mol. The predicted octanol–water partition coefficient (Wildman–Crippen LogP) is 3.20. The molecule has 1 amide bonds. The van der Waals surface area contributed by atoms with Gasteiger partial charge in [-0.05, 0) is 19.1 Å². The summed E-state index contributed by atoms with van der Waals surface area (Å²) in [5.41, 5.74) is 0.564. The van der Waals surface area contributed by atoms with Crippen molar-refractivity contribution in [2.75, 3.05) is 43.0 Å². The van der Waals surface area contributed by atoms with Gasteiger partial charge in [-0.1, -0.05) is 29.3 Å². The fraction of sp³-hybridized carbons (Fsp3) is 0.375. The van der Waals surface area contributed by atoms with E-state index in [0.717, 1.165) is 0 Å². The van der Waals surface area contributed by atoms with Gasteiger partial charge in [0.1, 0.15) is 0 Å². The van der Waals surface area contributed by atoms with Crippen molar-refractivity contribution in [3.8, 4) is 0 Å². The lowest BCUT2D eigenvalue weighted by molar-refractivity contribution is 0.105. The summed E-state index contributed by atoms with van der Waals surface area (Å²) < 4.78 is 5.02. The zero-order chi connectivity index (χ0) is 18.5. The van der Waals surface area contributed by atoms with Crippen molar-refractivity contribution in [1.29, 1.82) is 0 Å². The summed E-state index contributed by atoms with van der Waals surface area (Å²) in [6, 6.07) is 5.24. The summed E-state index contributed by atoms with van der Waals surface area (Å²) in [5, 5.41) is 12.1. The Morgan fingerprint density at radius 1 is 1.23 bits per heavy atom. The summed E-state index contributed by atoms with van der Waals surface area (Å²) in [4.78, 5) is 19.9. The maximum Gasteiger partial charge on any atom is 0.409 e. The normalized spacial score (nSPS) is 14.3. The van der Waals surface area contributed by atoms with Gasteiger partial charge in [0.05, 0.1) is 28.5 Å². The molecule has 10 heteroatoms. The zero-order valence-corrected chi connectivity index (χ0v) is 15.7. The highest BCUT2D eigenvalue weighted by Crippen LogP contribution is 2.32. The number of rotatable bonds is 4. The lowest BCUT2D eigenvalue weighted by Gasteiger charge is -2.33. The molecule has 1 saturated heterocycles. The molecule has 138 valence electrons. The van der Waals surface area contributed by atoms with Crippen LogP contribution in [-0.2, 0) is 4.74 Å². The molecule has 2 aromatic rings. The maximum atomic E-state index is 11.8. The molecule has 1 aliphatic rings. The van der Waals surface area contributed by atoms with E-state index in [4.69, 9.17) is 27.9 Å². The molecule has 1 aliphatic heterocycles. The second-order valence-corrected chi connectivity index (χ2v) is 6.35. The van der Waals surface area contributed by atoms with E-state index in [1.165, 1.54) is 6.20 Å². The molecular formula is C16H18Cl2N6O2. The first-order valence-corrected chi connectivity index (χ1v) is 8.91. The highest BCUT2D eigenvalue weighted by atomic mass is 35.5. The quantitative estimate of drug-likeness (QED) is 0.848. The number of carbonyl (C=O) groups is 1. The number of halogens is 2. The number of hydrogen-bond acceptors (Lipinski definition) is 7. The van der Waals surface area contributed by atoms with Gasteiger partial charge in [0.2, 0.25) is 5.95 Å². The molecule has 2 heterocycles. The first kappa shape index (κ1) is 18.5. The van der Waals surface area contributed by atoms with Gasteiger partial charge in [-0.25, -0.2) is 4.79 Å². The highest BCUT2D eigenvalue weighted by Gasteiger charge is 2.23. The average Bonchev–Trinajstić information content (AvgIpc) is 2.65. The minimum atomic E-state index is -0.296. The molecule has 0 spiro atoms. The highest BCUT2D eigenvalue weighted by molar-refractivity contribution is 6.39. The number of benzene rings is 1. The van der Waals surface area contributed by atoms with Gasteiger partial charge in [-0.3, -0.25) is 0 Å². The van der Waals surface area contributed by atoms with Gasteiger partial charge in [0.25, 0.3) is 0 Å².